The molecule has 0 saturated carbocycles. The van der Waals surface area contributed by atoms with Crippen molar-refractivity contribution in [2.45, 2.75) is 18.9 Å². The number of hydrogen-bond donors (Lipinski definition) is 1. The third-order valence-electron chi connectivity index (χ3n) is 5.33. The first kappa shape index (κ1) is 19.2. The highest BCUT2D eigenvalue weighted by molar-refractivity contribution is 6.30. The molecular formula is C22H20ClN3O3. The lowest BCUT2D eigenvalue weighted by molar-refractivity contribution is 0.0646. The molecule has 1 amide bonds. The molecule has 2 aromatic carbocycles. The Morgan fingerprint density at radius 3 is 2.55 bits per heavy atom. The molecule has 3 aromatic rings. The number of carbonyl (C=O) groups excluding carboxylic acids is 1. The summed E-state index contributed by atoms with van der Waals surface area (Å²) in [6, 6.07) is 17.1. The van der Waals surface area contributed by atoms with Gasteiger partial charge in [-0.05, 0) is 30.2 Å². The molecule has 0 spiro atoms. The minimum atomic E-state index is -0.666. The van der Waals surface area contributed by atoms with Crippen molar-refractivity contribution in [1.82, 2.24) is 14.7 Å². The highest BCUT2D eigenvalue weighted by Crippen LogP contribution is 2.39. The van der Waals surface area contributed by atoms with Crippen LogP contribution in [0.25, 0.3) is 0 Å². The molecule has 2 atom stereocenters. The highest BCUT2D eigenvalue weighted by atomic mass is 35.5. The van der Waals surface area contributed by atoms with Gasteiger partial charge in [0.05, 0.1) is 12.2 Å². The summed E-state index contributed by atoms with van der Waals surface area (Å²) in [7, 11) is 0. The summed E-state index contributed by atoms with van der Waals surface area (Å²) < 4.78 is 1.49. The van der Waals surface area contributed by atoms with Crippen molar-refractivity contribution in [2.75, 3.05) is 13.1 Å². The van der Waals surface area contributed by atoms with E-state index < -0.39 is 17.1 Å². The SMILES string of the molecule is CCN1C[C@@H]([C@H](c2ccccc2)c2cccc(Cl)c2)n2ncc(=O)c(O)c2C1=O. The van der Waals surface area contributed by atoms with Crippen LogP contribution in [0.3, 0.4) is 0 Å². The Kier molecular flexibility index (Phi) is 5.11. The van der Waals surface area contributed by atoms with Crippen LogP contribution < -0.4 is 5.43 Å². The number of fused-ring (bicyclic) bond motifs is 1. The number of hydrogen-bond acceptors (Lipinski definition) is 4. The second-order valence-corrected chi connectivity index (χ2v) is 7.44. The normalized spacial score (nSPS) is 17.1. The van der Waals surface area contributed by atoms with Crippen molar-refractivity contribution < 1.29 is 9.90 Å². The zero-order chi connectivity index (χ0) is 20.5. The number of carbonyl (C=O) groups is 1. The van der Waals surface area contributed by atoms with E-state index in [1.54, 1.807) is 4.90 Å². The number of amides is 1. The summed E-state index contributed by atoms with van der Waals surface area (Å²) >= 11 is 6.27. The molecule has 0 aliphatic carbocycles. The van der Waals surface area contributed by atoms with Crippen LogP contribution in [0.4, 0.5) is 0 Å². The summed E-state index contributed by atoms with van der Waals surface area (Å²) in [6.07, 6.45) is 1.06. The molecule has 2 heterocycles. The number of aromatic nitrogens is 2. The monoisotopic (exact) mass is 409 g/mol. The Balaban J connectivity index is 1.96. The van der Waals surface area contributed by atoms with Crippen LogP contribution >= 0.6 is 11.6 Å². The summed E-state index contributed by atoms with van der Waals surface area (Å²) in [5.74, 6) is -1.15. The van der Waals surface area contributed by atoms with Gasteiger partial charge in [-0.1, -0.05) is 54.1 Å². The van der Waals surface area contributed by atoms with E-state index in [1.165, 1.54) is 4.68 Å². The van der Waals surface area contributed by atoms with Crippen LogP contribution in [0.2, 0.25) is 5.02 Å². The van der Waals surface area contributed by atoms with Gasteiger partial charge in [-0.3, -0.25) is 14.3 Å². The number of benzene rings is 2. The first-order valence-electron chi connectivity index (χ1n) is 9.41. The van der Waals surface area contributed by atoms with E-state index in [-0.39, 0.29) is 17.7 Å². The van der Waals surface area contributed by atoms with Gasteiger partial charge in [0.15, 0.2) is 11.4 Å². The van der Waals surface area contributed by atoms with Gasteiger partial charge in [0, 0.05) is 24.0 Å². The Hall–Kier alpha value is -3.12. The minimum Gasteiger partial charge on any atom is -0.502 e. The highest BCUT2D eigenvalue weighted by Gasteiger charge is 2.39. The van der Waals surface area contributed by atoms with Crippen LogP contribution in [-0.4, -0.2) is 38.8 Å². The third-order valence-corrected chi connectivity index (χ3v) is 5.57. The molecule has 1 aliphatic rings. The molecule has 7 heteroatoms. The van der Waals surface area contributed by atoms with Gasteiger partial charge < -0.3 is 10.0 Å². The number of aromatic hydroxyl groups is 1. The van der Waals surface area contributed by atoms with Crippen molar-refractivity contribution in [1.29, 1.82) is 0 Å². The first-order chi connectivity index (χ1) is 14.0. The smallest absolute Gasteiger partial charge is 0.276 e. The molecule has 0 saturated heterocycles. The van der Waals surface area contributed by atoms with Crippen LogP contribution in [0.5, 0.6) is 5.75 Å². The largest absolute Gasteiger partial charge is 0.502 e. The lowest BCUT2D eigenvalue weighted by atomic mass is 9.83. The van der Waals surface area contributed by atoms with Crippen LogP contribution in [0, 0.1) is 0 Å². The molecule has 0 radical (unpaired) electrons. The molecule has 1 aromatic heterocycles. The lowest BCUT2D eigenvalue weighted by Gasteiger charge is -2.38. The lowest BCUT2D eigenvalue weighted by Crippen LogP contribution is -2.46. The molecule has 6 nitrogen and oxygen atoms in total. The Morgan fingerprint density at radius 2 is 1.86 bits per heavy atom. The average Bonchev–Trinajstić information content (AvgIpc) is 2.73. The van der Waals surface area contributed by atoms with Crippen molar-refractivity contribution in [3.8, 4) is 5.75 Å². The molecule has 0 fully saturated rings. The van der Waals surface area contributed by atoms with Gasteiger partial charge in [-0.2, -0.15) is 5.10 Å². The van der Waals surface area contributed by atoms with E-state index in [1.807, 2.05) is 61.5 Å². The number of nitrogens with zero attached hydrogens (tertiary/aromatic N) is 3. The van der Waals surface area contributed by atoms with Gasteiger partial charge in [-0.25, -0.2) is 0 Å². The maximum Gasteiger partial charge on any atom is 0.276 e. The molecule has 0 unspecified atom stereocenters. The first-order valence-corrected chi connectivity index (χ1v) is 9.79. The van der Waals surface area contributed by atoms with Gasteiger partial charge in [-0.15, -0.1) is 0 Å². The second kappa shape index (κ2) is 7.72. The van der Waals surface area contributed by atoms with Crippen molar-refractivity contribution >= 4 is 17.5 Å². The molecule has 29 heavy (non-hydrogen) atoms. The van der Waals surface area contributed by atoms with Crippen LogP contribution in [0.15, 0.2) is 65.6 Å². The van der Waals surface area contributed by atoms with E-state index in [9.17, 15) is 14.7 Å². The molecular weight excluding hydrogens is 390 g/mol. The number of halogens is 1. The molecule has 0 bridgehead atoms. The fraction of sp³-hybridized carbons (Fsp3) is 0.227. The van der Waals surface area contributed by atoms with E-state index in [0.29, 0.717) is 18.1 Å². The van der Waals surface area contributed by atoms with Crippen molar-refractivity contribution in [3.05, 3.63) is 92.9 Å². The topological polar surface area (TPSA) is 75.4 Å². The quantitative estimate of drug-likeness (QED) is 0.716. The fourth-order valence-corrected chi connectivity index (χ4v) is 4.16. The third kappa shape index (κ3) is 3.40. The molecule has 4 rings (SSSR count). The van der Waals surface area contributed by atoms with Crippen molar-refractivity contribution in [2.24, 2.45) is 0 Å². The van der Waals surface area contributed by atoms with Crippen LogP contribution in [-0.2, 0) is 0 Å². The van der Waals surface area contributed by atoms with Gasteiger partial charge in [0.2, 0.25) is 5.43 Å². The zero-order valence-corrected chi connectivity index (χ0v) is 16.6. The number of likely N-dealkylation sites (N-methyl/N-ethyl adjacent to an activating group) is 1. The minimum absolute atomic E-state index is 0.0708. The van der Waals surface area contributed by atoms with Crippen LogP contribution in [0.1, 0.15) is 40.5 Å². The summed E-state index contributed by atoms with van der Waals surface area (Å²) in [5.41, 5.74) is 1.25. The number of rotatable bonds is 4. The predicted octanol–water partition coefficient (Wildman–Crippen LogP) is 3.45. The summed E-state index contributed by atoms with van der Waals surface area (Å²) in [6.45, 7) is 2.71. The maximum atomic E-state index is 12.9. The van der Waals surface area contributed by atoms with E-state index >= 15 is 0 Å². The van der Waals surface area contributed by atoms with Gasteiger partial charge >= 0.3 is 0 Å². The van der Waals surface area contributed by atoms with E-state index in [2.05, 4.69) is 5.10 Å². The zero-order valence-electron chi connectivity index (χ0n) is 15.8. The fourth-order valence-electron chi connectivity index (χ4n) is 3.96. The summed E-state index contributed by atoms with van der Waals surface area (Å²) in [4.78, 5) is 26.5. The Labute approximate surface area is 173 Å². The average molecular weight is 410 g/mol. The summed E-state index contributed by atoms with van der Waals surface area (Å²) in [5, 5.41) is 15.2. The van der Waals surface area contributed by atoms with Crippen molar-refractivity contribution in [3.63, 3.8) is 0 Å². The predicted molar refractivity (Wildman–Crippen MR) is 111 cm³/mol. The van der Waals surface area contributed by atoms with Gasteiger partial charge in [0.25, 0.3) is 5.91 Å². The molecule has 148 valence electrons. The second-order valence-electron chi connectivity index (χ2n) is 7.01. The van der Waals surface area contributed by atoms with E-state index in [4.69, 9.17) is 11.6 Å². The van der Waals surface area contributed by atoms with E-state index in [0.717, 1.165) is 17.3 Å². The van der Waals surface area contributed by atoms with Gasteiger partial charge in [0.1, 0.15) is 0 Å². The molecule has 1 N–H and O–H groups in total. The maximum absolute atomic E-state index is 12.9. The Bertz CT molecular complexity index is 1110. The standard InChI is InChI=1S/C22H20ClN3O3/c1-2-25-13-17(26-20(22(25)29)21(28)18(27)12-24-26)19(14-7-4-3-5-8-14)15-9-6-10-16(23)11-15/h3-12,17,19,28H,2,13H2,1H3/t17-,19+/m0/s1. The molecule has 1 aliphatic heterocycles. The Morgan fingerprint density at radius 1 is 1.14 bits per heavy atom.